The topological polar surface area (TPSA) is 79.3 Å². The van der Waals surface area contributed by atoms with Crippen LogP contribution in [0, 0.1) is 6.92 Å². The van der Waals surface area contributed by atoms with Crippen molar-refractivity contribution in [3.63, 3.8) is 0 Å². The molecule has 0 aromatic carbocycles. The van der Waals surface area contributed by atoms with E-state index in [1.54, 1.807) is 12.3 Å². The Morgan fingerprint density at radius 2 is 2.19 bits per heavy atom. The molecule has 1 amide bonds. The Labute approximate surface area is 126 Å². The van der Waals surface area contributed by atoms with Gasteiger partial charge in [-0.05, 0) is 41.6 Å². The number of carbonyl (C=O) groups excluding carboxylic acids is 1. The molecular weight excluding hydrogens is 288 g/mol. The zero-order chi connectivity index (χ0) is 15.2. The molecule has 0 aliphatic carbocycles. The molecule has 0 atom stereocenters. The number of hydrogen-bond donors (Lipinski definition) is 2. The van der Waals surface area contributed by atoms with Crippen molar-refractivity contribution in [1.82, 2.24) is 10.3 Å². The number of thiophene rings is 1. The maximum atomic E-state index is 12.0. The van der Waals surface area contributed by atoms with E-state index in [0.717, 1.165) is 22.1 Å². The molecule has 108 valence electrons. The number of rotatable bonds is 5. The highest BCUT2D eigenvalue weighted by Gasteiger charge is 2.06. The van der Waals surface area contributed by atoms with Crippen LogP contribution >= 0.6 is 11.3 Å². The zero-order valence-electron chi connectivity index (χ0n) is 11.4. The minimum atomic E-state index is -0.983. The lowest BCUT2D eigenvalue weighted by Gasteiger charge is -2.03. The molecule has 0 saturated heterocycles. The van der Waals surface area contributed by atoms with E-state index < -0.39 is 5.97 Å². The Morgan fingerprint density at radius 3 is 2.90 bits per heavy atom. The van der Waals surface area contributed by atoms with E-state index in [0.29, 0.717) is 12.1 Å². The van der Waals surface area contributed by atoms with Crippen LogP contribution in [0.5, 0.6) is 0 Å². The van der Waals surface area contributed by atoms with E-state index >= 15 is 0 Å². The molecule has 5 nitrogen and oxygen atoms in total. The fraction of sp³-hybridized carbons (Fsp3) is 0.133. The summed E-state index contributed by atoms with van der Waals surface area (Å²) in [7, 11) is 0. The van der Waals surface area contributed by atoms with E-state index in [9.17, 15) is 9.59 Å². The number of nitrogens with one attached hydrogen (secondary N) is 1. The van der Waals surface area contributed by atoms with Crippen LogP contribution < -0.4 is 5.32 Å². The van der Waals surface area contributed by atoms with Gasteiger partial charge >= 0.3 is 5.97 Å². The number of nitrogens with zero attached hydrogens (tertiary/aromatic N) is 1. The lowest BCUT2D eigenvalue weighted by molar-refractivity contribution is -0.131. The van der Waals surface area contributed by atoms with Crippen LogP contribution in [0.1, 0.15) is 26.4 Å². The van der Waals surface area contributed by atoms with Crippen LogP contribution in [0.4, 0.5) is 0 Å². The second-order valence-electron chi connectivity index (χ2n) is 4.45. The smallest absolute Gasteiger partial charge is 0.328 e. The minimum Gasteiger partial charge on any atom is -0.478 e. The quantitative estimate of drug-likeness (QED) is 0.832. The first-order chi connectivity index (χ1) is 10.0. The monoisotopic (exact) mass is 302 g/mol. The maximum Gasteiger partial charge on any atom is 0.328 e. The molecule has 2 N–H and O–H groups in total. The fourth-order valence-electron chi connectivity index (χ4n) is 1.69. The van der Waals surface area contributed by atoms with E-state index in [2.05, 4.69) is 10.3 Å². The minimum absolute atomic E-state index is 0.178. The normalized spacial score (nSPS) is 10.7. The number of aryl methyl sites for hydroxylation is 1. The number of aliphatic carboxylic acids is 1. The summed E-state index contributed by atoms with van der Waals surface area (Å²) in [5, 5.41) is 13.2. The Bertz CT molecular complexity index is 692. The first-order valence-electron chi connectivity index (χ1n) is 6.23. The fourth-order valence-corrected chi connectivity index (χ4v) is 2.49. The Balaban J connectivity index is 1.94. The second kappa shape index (κ2) is 6.81. The summed E-state index contributed by atoms with van der Waals surface area (Å²) in [5.74, 6) is -1.16. The van der Waals surface area contributed by atoms with Crippen molar-refractivity contribution in [2.45, 2.75) is 13.5 Å². The van der Waals surface area contributed by atoms with Gasteiger partial charge in [-0.3, -0.25) is 9.78 Å². The third kappa shape index (κ3) is 4.54. The highest BCUT2D eigenvalue weighted by Crippen LogP contribution is 2.16. The lowest BCUT2D eigenvalue weighted by Crippen LogP contribution is -2.22. The summed E-state index contributed by atoms with van der Waals surface area (Å²) >= 11 is 1.47. The average molecular weight is 302 g/mol. The first-order valence-corrected chi connectivity index (χ1v) is 7.11. The Kier molecular flexibility index (Phi) is 4.84. The molecule has 0 unspecified atom stereocenters. The molecule has 6 heteroatoms. The van der Waals surface area contributed by atoms with Crippen LogP contribution in [0.3, 0.4) is 0 Å². The molecule has 2 aromatic rings. The molecule has 2 heterocycles. The standard InChI is InChI=1S/C15H14N2O3S/c1-10-4-12(7-16-6-10)15(20)17-8-13-5-11(9-21-13)2-3-14(18)19/h2-7,9H,8H2,1H3,(H,17,20)(H,18,19). The number of amides is 1. The molecule has 0 aliphatic rings. The van der Waals surface area contributed by atoms with Crippen molar-refractivity contribution < 1.29 is 14.7 Å². The van der Waals surface area contributed by atoms with Crippen molar-refractivity contribution in [2.24, 2.45) is 0 Å². The molecule has 2 rings (SSSR count). The van der Waals surface area contributed by atoms with Gasteiger partial charge in [0.2, 0.25) is 0 Å². The van der Waals surface area contributed by atoms with Crippen molar-refractivity contribution in [2.75, 3.05) is 0 Å². The number of hydrogen-bond acceptors (Lipinski definition) is 4. The predicted molar refractivity (Wildman–Crippen MR) is 81.1 cm³/mol. The molecule has 0 radical (unpaired) electrons. The van der Waals surface area contributed by atoms with E-state index in [-0.39, 0.29) is 5.91 Å². The third-order valence-corrected chi connectivity index (χ3v) is 3.61. The van der Waals surface area contributed by atoms with Gasteiger partial charge in [0.05, 0.1) is 12.1 Å². The van der Waals surface area contributed by atoms with Crippen LogP contribution in [-0.2, 0) is 11.3 Å². The van der Waals surface area contributed by atoms with Gasteiger partial charge in [-0.15, -0.1) is 11.3 Å². The van der Waals surface area contributed by atoms with Crippen LogP contribution in [0.15, 0.2) is 36.0 Å². The van der Waals surface area contributed by atoms with E-state index in [1.165, 1.54) is 23.6 Å². The van der Waals surface area contributed by atoms with Gasteiger partial charge in [0, 0.05) is 23.3 Å². The van der Waals surface area contributed by atoms with Crippen molar-refractivity contribution in [1.29, 1.82) is 0 Å². The molecule has 0 fully saturated rings. The highest BCUT2D eigenvalue weighted by molar-refractivity contribution is 7.10. The average Bonchev–Trinajstić information content (AvgIpc) is 2.90. The number of carbonyl (C=O) groups is 2. The number of carboxylic acid groups (broad SMARTS) is 1. The van der Waals surface area contributed by atoms with Gasteiger partial charge in [-0.25, -0.2) is 4.79 Å². The van der Waals surface area contributed by atoms with Gasteiger partial charge in [-0.2, -0.15) is 0 Å². The molecule has 0 aliphatic heterocycles. The van der Waals surface area contributed by atoms with Gasteiger partial charge in [0.1, 0.15) is 0 Å². The van der Waals surface area contributed by atoms with Crippen LogP contribution in [0.25, 0.3) is 6.08 Å². The number of pyridine rings is 1. The molecule has 21 heavy (non-hydrogen) atoms. The molecule has 2 aromatic heterocycles. The Hall–Kier alpha value is -2.47. The second-order valence-corrected chi connectivity index (χ2v) is 5.45. The summed E-state index contributed by atoms with van der Waals surface area (Å²) in [6.45, 7) is 2.28. The maximum absolute atomic E-state index is 12.0. The largest absolute Gasteiger partial charge is 0.478 e. The van der Waals surface area contributed by atoms with Crippen LogP contribution in [0.2, 0.25) is 0 Å². The lowest BCUT2D eigenvalue weighted by atomic mass is 10.2. The van der Waals surface area contributed by atoms with Crippen molar-refractivity contribution in [3.8, 4) is 0 Å². The first kappa shape index (κ1) is 14.9. The van der Waals surface area contributed by atoms with Crippen molar-refractivity contribution >= 4 is 29.3 Å². The van der Waals surface area contributed by atoms with E-state index in [1.807, 2.05) is 18.4 Å². The molecule has 0 bridgehead atoms. The Morgan fingerprint density at radius 1 is 1.38 bits per heavy atom. The molecule has 0 spiro atoms. The number of carboxylic acids is 1. The predicted octanol–water partition coefficient (Wildman–Crippen LogP) is 2.48. The van der Waals surface area contributed by atoms with Gasteiger partial charge in [0.15, 0.2) is 0 Å². The summed E-state index contributed by atoms with van der Waals surface area (Å²) in [6, 6.07) is 3.62. The highest BCUT2D eigenvalue weighted by atomic mass is 32.1. The third-order valence-electron chi connectivity index (χ3n) is 2.65. The van der Waals surface area contributed by atoms with Gasteiger partial charge < -0.3 is 10.4 Å². The number of aromatic nitrogens is 1. The molecule has 0 saturated carbocycles. The van der Waals surface area contributed by atoms with Gasteiger partial charge in [0.25, 0.3) is 5.91 Å². The summed E-state index contributed by atoms with van der Waals surface area (Å²) in [4.78, 5) is 27.3. The van der Waals surface area contributed by atoms with Crippen molar-refractivity contribution in [3.05, 3.63) is 57.6 Å². The van der Waals surface area contributed by atoms with Gasteiger partial charge in [-0.1, -0.05) is 0 Å². The van der Waals surface area contributed by atoms with E-state index in [4.69, 9.17) is 5.11 Å². The summed E-state index contributed by atoms with van der Waals surface area (Å²) in [6.07, 6.45) is 5.83. The van der Waals surface area contributed by atoms with Crippen LogP contribution in [-0.4, -0.2) is 22.0 Å². The summed E-state index contributed by atoms with van der Waals surface area (Å²) in [5.41, 5.74) is 2.27. The zero-order valence-corrected chi connectivity index (χ0v) is 12.2. The SMILES string of the molecule is Cc1cncc(C(=O)NCc2cc(C=CC(=O)O)cs2)c1. The molecular formula is C15H14N2O3S. The summed E-state index contributed by atoms with van der Waals surface area (Å²) < 4.78 is 0.